The zero-order valence-corrected chi connectivity index (χ0v) is 12.8. The molecule has 1 aromatic carbocycles. The highest BCUT2D eigenvalue weighted by Crippen LogP contribution is 2.14. The Kier molecular flexibility index (Phi) is 4.73. The second-order valence-corrected chi connectivity index (χ2v) is 5.34. The van der Waals surface area contributed by atoms with E-state index >= 15 is 0 Å². The van der Waals surface area contributed by atoms with Crippen LogP contribution in [0.4, 0.5) is 4.39 Å². The molecule has 0 aliphatic heterocycles. The van der Waals surface area contributed by atoms with Crippen molar-refractivity contribution in [3.05, 3.63) is 42.0 Å². The van der Waals surface area contributed by atoms with Crippen molar-refractivity contribution < 1.29 is 19.1 Å². The van der Waals surface area contributed by atoms with E-state index in [9.17, 15) is 19.1 Å². The minimum Gasteiger partial charge on any atom is -0.480 e. The predicted molar refractivity (Wildman–Crippen MR) is 79.7 cm³/mol. The fraction of sp³-hybridized carbons (Fsp3) is 0.333. The summed E-state index contributed by atoms with van der Waals surface area (Å²) in [5, 5.41) is 19.7. The van der Waals surface area contributed by atoms with Crippen molar-refractivity contribution in [3.63, 3.8) is 0 Å². The Morgan fingerprint density at radius 2 is 2.00 bits per heavy atom. The number of benzene rings is 1. The maximum atomic E-state index is 12.9. The molecule has 122 valence electrons. The minimum absolute atomic E-state index is 0.0158. The summed E-state index contributed by atoms with van der Waals surface area (Å²) < 4.78 is 12.9. The third-order valence-electron chi connectivity index (χ3n) is 3.39. The highest BCUT2D eigenvalue weighted by molar-refractivity contribution is 5.96. The lowest BCUT2D eigenvalue weighted by atomic mass is 9.96. The van der Waals surface area contributed by atoms with E-state index < -0.39 is 23.2 Å². The van der Waals surface area contributed by atoms with Gasteiger partial charge in [-0.25, -0.2) is 9.18 Å². The van der Waals surface area contributed by atoms with E-state index in [1.54, 1.807) is 0 Å². The van der Waals surface area contributed by atoms with E-state index in [4.69, 9.17) is 0 Å². The molecule has 2 N–H and O–H groups in total. The van der Waals surface area contributed by atoms with Gasteiger partial charge in [0.05, 0.1) is 11.9 Å². The zero-order chi connectivity index (χ0) is 17.0. The second kappa shape index (κ2) is 6.55. The maximum absolute atomic E-state index is 12.9. The smallest absolute Gasteiger partial charge is 0.329 e. The summed E-state index contributed by atoms with van der Waals surface area (Å²) in [5.41, 5.74) is -0.899. The van der Waals surface area contributed by atoms with Crippen molar-refractivity contribution in [3.8, 4) is 5.69 Å². The lowest BCUT2D eigenvalue weighted by Crippen LogP contribution is -2.52. The van der Waals surface area contributed by atoms with Gasteiger partial charge in [0.2, 0.25) is 0 Å². The molecular weight excluding hydrogens is 303 g/mol. The van der Waals surface area contributed by atoms with Crippen LogP contribution >= 0.6 is 0 Å². The van der Waals surface area contributed by atoms with Crippen LogP contribution in [0.2, 0.25) is 0 Å². The van der Waals surface area contributed by atoms with Gasteiger partial charge < -0.3 is 10.4 Å². The number of amides is 1. The first kappa shape index (κ1) is 16.6. The third-order valence-corrected chi connectivity index (χ3v) is 3.39. The van der Waals surface area contributed by atoms with E-state index in [0.29, 0.717) is 18.5 Å². The molecule has 2 aromatic rings. The molecular formula is C15H17FN4O3. The standard InChI is InChI=1S/C15H17FN4O3/c1-3-8-15(2,14(22)23)18-13(21)12-9-17-20(19-12)11-6-4-10(16)5-7-11/h4-7,9H,3,8H2,1-2H3,(H,18,21)(H,22,23). The van der Waals surface area contributed by atoms with Crippen LogP contribution in [0.25, 0.3) is 5.69 Å². The van der Waals surface area contributed by atoms with Crippen LogP contribution in [0.3, 0.4) is 0 Å². The number of carboxylic acid groups (broad SMARTS) is 1. The number of aromatic nitrogens is 3. The fourth-order valence-electron chi connectivity index (χ4n) is 2.10. The number of halogens is 1. The monoisotopic (exact) mass is 320 g/mol. The summed E-state index contributed by atoms with van der Waals surface area (Å²) in [6.45, 7) is 3.28. The molecule has 23 heavy (non-hydrogen) atoms. The van der Waals surface area contributed by atoms with Gasteiger partial charge in [0.25, 0.3) is 5.91 Å². The van der Waals surface area contributed by atoms with Gasteiger partial charge in [-0.15, -0.1) is 5.10 Å². The molecule has 0 saturated heterocycles. The number of aliphatic carboxylic acids is 1. The average Bonchev–Trinajstić information content (AvgIpc) is 2.98. The van der Waals surface area contributed by atoms with E-state index in [2.05, 4.69) is 15.5 Å². The molecule has 0 saturated carbocycles. The average molecular weight is 320 g/mol. The molecule has 8 heteroatoms. The minimum atomic E-state index is -1.37. The molecule has 7 nitrogen and oxygen atoms in total. The van der Waals surface area contributed by atoms with Gasteiger partial charge in [-0.2, -0.15) is 9.90 Å². The number of hydrogen-bond acceptors (Lipinski definition) is 4. The molecule has 1 aromatic heterocycles. The van der Waals surface area contributed by atoms with Crippen LogP contribution in [-0.4, -0.2) is 37.5 Å². The van der Waals surface area contributed by atoms with Gasteiger partial charge in [0.15, 0.2) is 5.69 Å². The number of hydrogen-bond donors (Lipinski definition) is 2. The highest BCUT2D eigenvalue weighted by atomic mass is 19.1. The Morgan fingerprint density at radius 1 is 1.35 bits per heavy atom. The maximum Gasteiger partial charge on any atom is 0.329 e. The van der Waals surface area contributed by atoms with Gasteiger partial charge in [-0.3, -0.25) is 4.79 Å². The summed E-state index contributed by atoms with van der Waals surface area (Å²) in [7, 11) is 0. The summed E-state index contributed by atoms with van der Waals surface area (Å²) >= 11 is 0. The van der Waals surface area contributed by atoms with Crippen LogP contribution in [0.15, 0.2) is 30.5 Å². The van der Waals surface area contributed by atoms with Crippen molar-refractivity contribution in [1.82, 2.24) is 20.3 Å². The summed E-state index contributed by atoms with van der Waals surface area (Å²) in [6, 6.07) is 5.44. The Morgan fingerprint density at radius 3 is 2.57 bits per heavy atom. The quantitative estimate of drug-likeness (QED) is 0.845. The molecule has 1 atom stereocenters. The van der Waals surface area contributed by atoms with Crippen LogP contribution in [0.1, 0.15) is 37.2 Å². The summed E-state index contributed by atoms with van der Waals surface area (Å²) in [4.78, 5) is 24.7. The SMILES string of the molecule is CCCC(C)(NC(=O)c1cnn(-c2ccc(F)cc2)n1)C(=O)O. The number of carbonyl (C=O) groups is 2. The molecule has 0 fully saturated rings. The molecule has 1 amide bonds. The van der Waals surface area contributed by atoms with Gasteiger partial charge in [-0.05, 0) is 37.6 Å². The molecule has 0 aliphatic carbocycles. The first-order valence-electron chi connectivity index (χ1n) is 7.10. The Balaban J connectivity index is 2.18. The molecule has 1 heterocycles. The summed E-state index contributed by atoms with van der Waals surface area (Å²) in [5.74, 6) is -2.13. The third kappa shape index (κ3) is 3.71. The van der Waals surface area contributed by atoms with Gasteiger partial charge in [0.1, 0.15) is 11.4 Å². The van der Waals surface area contributed by atoms with E-state index in [-0.39, 0.29) is 5.69 Å². The van der Waals surface area contributed by atoms with Crippen LogP contribution in [0, 0.1) is 5.82 Å². The van der Waals surface area contributed by atoms with E-state index in [1.165, 1.54) is 42.2 Å². The van der Waals surface area contributed by atoms with E-state index in [1.807, 2.05) is 6.92 Å². The molecule has 0 radical (unpaired) electrons. The summed E-state index contributed by atoms with van der Waals surface area (Å²) in [6.07, 6.45) is 2.12. The van der Waals surface area contributed by atoms with Crippen LogP contribution in [0.5, 0.6) is 0 Å². The van der Waals surface area contributed by atoms with Crippen molar-refractivity contribution in [2.45, 2.75) is 32.2 Å². The number of carbonyl (C=O) groups excluding carboxylic acids is 1. The topological polar surface area (TPSA) is 97.1 Å². The molecule has 1 unspecified atom stereocenters. The molecule has 0 aliphatic rings. The molecule has 0 bridgehead atoms. The van der Waals surface area contributed by atoms with Crippen molar-refractivity contribution in [1.29, 1.82) is 0 Å². The van der Waals surface area contributed by atoms with Crippen molar-refractivity contribution >= 4 is 11.9 Å². The number of carboxylic acids is 1. The lowest BCUT2D eigenvalue weighted by molar-refractivity contribution is -0.144. The van der Waals surface area contributed by atoms with Crippen molar-refractivity contribution in [2.75, 3.05) is 0 Å². The largest absolute Gasteiger partial charge is 0.480 e. The molecule has 2 rings (SSSR count). The second-order valence-electron chi connectivity index (χ2n) is 5.34. The Hall–Kier alpha value is -2.77. The van der Waals surface area contributed by atoms with Gasteiger partial charge in [-0.1, -0.05) is 13.3 Å². The zero-order valence-electron chi connectivity index (χ0n) is 12.8. The van der Waals surface area contributed by atoms with Crippen LogP contribution in [-0.2, 0) is 4.79 Å². The number of nitrogens with zero attached hydrogens (tertiary/aromatic N) is 3. The number of nitrogens with one attached hydrogen (secondary N) is 1. The van der Waals surface area contributed by atoms with E-state index in [0.717, 1.165) is 0 Å². The Bertz CT molecular complexity index is 714. The first-order valence-corrected chi connectivity index (χ1v) is 7.10. The van der Waals surface area contributed by atoms with Gasteiger partial charge >= 0.3 is 5.97 Å². The van der Waals surface area contributed by atoms with Gasteiger partial charge in [0, 0.05) is 0 Å². The normalized spacial score (nSPS) is 13.3. The highest BCUT2D eigenvalue weighted by Gasteiger charge is 2.34. The lowest BCUT2D eigenvalue weighted by Gasteiger charge is -2.25. The molecule has 0 spiro atoms. The first-order chi connectivity index (χ1) is 10.9. The Labute approximate surface area is 132 Å². The van der Waals surface area contributed by atoms with Crippen molar-refractivity contribution in [2.24, 2.45) is 0 Å². The van der Waals surface area contributed by atoms with Crippen LogP contribution < -0.4 is 5.32 Å². The number of rotatable bonds is 6. The predicted octanol–water partition coefficient (Wildman–Crippen LogP) is 1.78. The fourth-order valence-corrected chi connectivity index (χ4v) is 2.10.